The first-order valence-corrected chi connectivity index (χ1v) is 13.3. The number of anilines is 2. The Morgan fingerprint density at radius 3 is 2.27 bits per heavy atom. The number of imide groups is 1. The maximum absolute atomic E-state index is 12.8. The molecule has 3 aromatic carbocycles. The lowest BCUT2D eigenvalue weighted by molar-refractivity contribution is -0.127. The molecular formula is C29H26ClN3O6S. The number of thioether (sulfide) groups is 1. The summed E-state index contributed by atoms with van der Waals surface area (Å²) in [6, 6.07) is 17.1. The summed E-state index contributed by atoms with van der Waals surface area (Å²) in [5, 5.41) is 5.18. The average molecular weight is 580 g/mol. The molecule has 1 saturated heterocycles. The van der Waals surface area contributed by atoms with Gasteiger partial charge in [-0.1, -0.05) is 29.8 Å². The lowest BCUT2D eigenvalue weighted by atomic mass is 10.1. The van der Waals surface area contributed by atoms with Gasteiger partial charge in [-0.25, -0.2) is 0 Å². The van der Waals surface area contributed by atoms with E-state index in [1.54, 1.807) is 42.5 Å². The van der Waals surface area contributed by atoms with Crippen LogP contribution in [0.2, 0.25) is 5.02 Å². The van der Waals surface area contributed by atoms with Crippen LogP contribution in [-0.2, 0) is 14.4 Å². The van der Waals surface area contributed by atoms with E-state index in [0.717, 1.165) is 27.8 Å². The molecule has 11 heteroatoms. The molecule has 1 aliphatic heterocycles. The Morgan fingerprint density at radius 1 is 0.925 bits per heavy atom. The third-order valence-corrected chi connectivity index (χ3v) is 7.15. The fourth-order valence-corrected chi connectivity index (χ4v) is 4.80. The summed E-state index contributed by atoms with van der Waals surface area (Å²) in [6.07, 6.45) is 1.56. The number of halogens is 1. The molecule has 2 N–H and O–H groups in total. The fourth-order valence-electron chi connectivity index (χ4n) is 3.70. The second kappa shape index (κ2) is 12.7. The van der Waals surface area contributed by atoms with E-state index in [0.29, 0.717) is 33.5 Å². The van der Waals surface area contributed by atoms with Gasteiger partial charge in [-0.3, -0.25) is 24.1 Å². The quantitative estimate of drug-likeness (QED) is 0.314. The van der Waals surface area contributed by atoms with Gasteiger partial charge in [0.15, 0.2) is 6.61 Å². The van der Waals surface area contributed by atoms with Crippen molar-refractivity contribution in [3.63, 3.8) is 0 Å². The van der Waals surface area contributed by atoms with Crippen LogP contribution in [0.5, 0.6) is 11.5 Å². The van der Waals surface area contributed by atoms with Crippen LogP contribution in [0.15, 0.2) is 65.6 Å². The number of benzene rings is 3. The van der Waals surface area contributed by atoms with Gasteiger partial charge in [0, 0.05) is 11.4 Å². The number of nitrogens with one attached hydrogen (secondary N) is 2. The van der Waals surface area contributed by atoms with E-state index in [2.05, 4.69) is 10.6 Å². The standard InChI is InChI=1S/C29H26ClN3O6S/c1-17-4-7-20(12-18(17)2)32-27(35)16-39-22-9-5-19(6-10-22)13-25-28(36)33(29(37)40-25)15-26(34)31-21-8-11-24(38-3)23(30)14-21/h4-14H,15-16H2,1-3H3,(H,31,34)(H,32,35)/b25-13-. The van der Waals surface area contributed by atoms with Gasteiger partial charge in [0.05, 0.1) is 17.0 Å². The Bertz CT molecular complexity index is 1510. The highest BCUT2D eigenvalue weighted by molar-refractivity contribution is 8.18. The van der Waals surface area contributed by atoms with Crippen molar-refractivity contribution in [1.29, 1.82) is 0 Å². The summed E-state index contributed by atoms with van der Waals surface area (Å²) in [6.45, 7) is 3.36. The Balaban J connectivity index is 1.30. The second-order valence-electron chi connectivity index (χ2n) is 8.87. The minimum Gasteiger partial charge on any atom is -0.495 e. The molecular weight excluding hydrogens is 554 g/mol. The van der Waals surface area contributed by atoms with Gasteiger partial charge in [0.2, 0.25) is 5.91 Å². The molecule has 0 bridgehead atoms. The van der Waals surface area contributed by atoms with Gasteiger partial charge in [0.25, 0.3) is 17.1 Å². The first-order chi connectivity index (χ1) is 19.1. The molecule has 1 heterocycles. The maximum atomic E-state index is 12.8. The van der Waals surface area contributed by atoms with Crippen LogP contribution in [0.1, 0.15) is 16.7 Å². The Kier molecular flexibility index (Phi) is 9.13. The van der Waals surface area contributed by atoms with Crippen LogP contribution < -0.4 is 20.1 Å². The van der Waals surface area contributed by atoms with Crippen LogP contribution in [-0.4, -0.2) is 48.1 Å². The van der Waals surface area contributed by atoms with Crippen molar-refractivity contribution < 1.29 is 28.7 Å². The molecule has 4 rings (SSSR count). The molecule has 0 aromatic heterocycles. The zero-order valence-corrected chi connectivity index (χ0v) is 23.5. The number of hydrogen-bond acceptors (Lipinski definition) is 7. The minimum atomic E-state index is -0.568. The predicted molar refractivity (Wildman–Crippen MR) is 156 cm³/mol. The van der Waals surface area contributed by atoms with Crippen molar-refractivity contribution in [2.75, 3.05) is 30.9 Å². The lowest BCUT2D eigenvalue weighted by Gasteiger charge is -2.13. The summed E-state index contributed by atoms with van der Waals surface area (Å²) in [7, 11) is 1.48. The van der Waals surface area contributed by atoms with E-state index in [9.17, 15) is 19.2 Å². The average Bonchev–Trinajstić information content (AvgIpc) is 3.17. The summed E-state index contributed by atoms with van der Waals surface area (Å²) >= 11 is 6.82. The normalized spacial score (nSPS) is 13.9. The number of rotatable bonds is 9. The topological polar surface area (TPSA) is 114 Å². The number of carbonyl (C=O) groups is 4. The van der Waals surface area contributed by atoms with E-state index in [-0.39, 0.29) is 17.4 Å². The van der Waals surface area contributed by atoms with Crippen LogP contribution in [0.25, 0.3) is 6.08 Å². The highest BCUT2D eigenvalue weighted by Gasteiger charge is 2.36. The molecule has 1 fully saturated rings. The van der Waals surface area contributed by atoms with Gasteiger partial charge in [0.1, 0.15) is 18.0 Å². The zero-order chi connectivity index (χ0) is 28.8. The SMILES string of the molecule is COc1ccc(NC(=O)CN2C(=O)S/C(=C\c3ccc(OCC(=O)Nc4ccc(C)c(C)c4)cc3)C2=O)cc1Cl. The lowest BCUT2D eigenvalue weighted by Crippen LogP contribution is -2.36. The smallest absolute Gasteiger partial charge is 0.294 e. The van der Waals surface area contributed by atoms with E-state index in [4.69, 9.17) is 21.1 Å². The number of carbonyl (C=O) groups excluding carboxylic acids is 4. The van der Waals surface area contributed by atoms with Gasteiger partial charge >= 0.3 is 0 Å². The Morgan fingerprint density at radius 2 is 1.60 bits per heavy atom. The van der Waals surface area contributed by atoms with Crippen molar-refractivity contribution in [1.82, 2.24) is 4.90 Å². The number of methoxy groups -OCH3 is 1. The molecule has 0 aliphatic carbocycles. The summed E-state index contributed by atoms with van der Waals surface area (Å²) in [4.78, 5) is 51.0. The zero-order valence-electron chi connectivity index (χ0n) is 21.9. The van der Waals surface area contributed by atoms with Crippen molar-refractivity contribution in [3.05, 3.63) is 87.3 Å². The van der Waals surface area contributed by atoms with Gasteiger partial charge in [-0.2, -0.15) is 0 Å². The van der Waals surface area contributed by atoms with Crippen molar-refractivity contribution in [2.24, 2.45) is 0 Å². The molecule has 3 aromatic rings. The van der Waals surface area contributed by atoms with E-state index in [1.807, 2.05) is 32.0 Å². The van der Waals surface area contributed by atoms with E-state index >= 15 is 0 Å². The number of ether oxygens (including phenoxy) is 2. The third-order valence-electron chi connectivity index (χ3n) is 5.95. The molecule has 0 spiro atoms. The Hall–Kier alpha value is -4.28. The molecule has 4 amide bonds. The van der Waals surface area contributed by atoms with Gasteiger partial charge < -0.3 is 20.1 Å². The second-order valence-corrected chi connectivity index (χ2v) is 10.3. The van der Waals surface area contributed by atoms with E-state index < -0.39 is 23.6 Å². The monoisotopic (exact) mass is 579 g/mol. The molecule has 9 nitrogen and oxygen atoms in total. The van der Waals surface area contributed by atoms with Crippen molar-refractivity contribution in [2.45, 2.75) is 13.8 Å². The molecule has 40 heavy (non-hydrogen) atoms. The molecule has 0 unspecified atom stereocenters. The fraction of sp³-hybridized carbons (Fsp3) is 0.172. The summed E-state index contributed by atoms with van der Waals surface area (Å²) < 4.78 is 10.6. The molecule has 0 saturated carbocycles. The van der Waals surface area contributed by atoms with Crippen LogP contribution >= 0.6 is 23.4 Å². The van der Waals surface area contributed by atoms with Gasteiger partial charge in [-0.15, -0.1) is 0 Å². The van der Waals surface area contributed by atoms with Crippen molar-refractivity contribution >= 4 is 63.8 Å². The van der Waals surface area contributed by atoms with Gasteiger partial charge in [-0.05, 0) is 90.8 Å². The number of nitrogens with zero attached hydrogens (tertiary/aromatic N) is 1. The number of hydrogen-bond donors (Lipinski definition) is 2. The molecule has 0 atom stereocenters. The molecule has 1 aliphatic rings. The van der Waals surface area contributed by atoms with Crippen molar-refractivity contribution in [3.8, 4) is 11.5 Å². The largest absolute Gasteiger partial charge is 0.495 e. The first-order valence-electron chi connectivity index (χ1n) is 12.1. The van der Waals surface area contributed by atoms with E-state index in [1.165, 1.54) is 13.2 Å². The highest BCUT2D eigenvalue weighted by atomic mass is 35.5. The maximum Gasteiger partial charge on any atom is 0.294 e. The Labute approximate surface area is 240 Å². The summed E-state index contributed by atoms with van der Waals surface area (Å²) in [5.41, 5.74) is 3.97. The predicted octanol–water partition coefficient (Wildman–Crippen LogP) is 5.66. The number of aryl methyl sites for hydroxylation is 2. The number of amides is 4. The minimum absolute atomic E-state index is 0.171. The van der Waals surface area contributed by atoms with Crippen LogP contribution in [0.3, 0.4) is 0 Å². The highest BCUT2D eigenvalue weighted by Crippen LogP contribution is 2.33. The summed E-state index contributed by atoms with van der Waals surface area (Å²) in [5.74, 6) is -0.487. The van der Waals surface area contributed by atoms with Crippen LogP contribution in [0, 0.1) is 13.8 Å². The third kappa shape index (κ3) is 7.22. The van der Waals surface area contributed by atoms with Crippen LogP contribution in [0.4, 0.5) is 16.2 Å². The molecule has 206 valence electrons. The molecule has 0 radical (unpaired) electrons. The first kappa shape index (κ1) is 28.7.